The molecular formula is C19H23FN2O3S. The van der Waals surface area contributed by atoms with E-state index in [4.69, 9.17) is 0 Å². The molecule has 2 rings (SSSR count). The van der Waals surface area contributed by atoms with E-state index in [9.17, 15) is 17.6 Å². The van der Waals surface area contributed by atoms with Crippen molar-refractivity contribution in [1.29, 1.82) is 0 Å². The zero-order chi connectivity index (χ0) is 19.2. The smallest absolute Gasteiger partial charge is 0.240 e. The Balaban J connectivity index is 1.88. The highest BCUT2D eigenvalue weighted by Crippen LogP contribution is 2.13. The van der Waals surface area contributed by atoms with Gasteiger partial charge in [-0.1, -0.05) is 26.0 Å². The molecule has 0 unspecified atom stereocenters. The molecule has 0 saturated carbocycles. The lowest BCUT2D eigenvalue weighted by molar-refractivity contribution is -0.116. The molecule has 2 aromatic rings. The van der Waals surface area contributed by atoms with Gasteiger partial charge in [0.05, 0.1) is 4.90 Å². The van der Waals surface area contributed by atoms with Crippen LogP contribution in [-0.4, -0.2) is 20.9 Å². The minimum Gasteiger partial charge on any atom is -0.326 e. The van der Waals surface area contributed by atoms with Crippen LogP contribution in [0.5, 0.6) is 0 Å². The van der Waals surface area contributed by atoms with Crippen LogP contribution in [0.15, 0.2) is 53.4 Å². The van der Waals surface area contributed by atoms with Crippen molar-refractivity contribution >= 4 is 21.6 Å². The van der Waals surface area contributed by atoms with E-state index in [-0.39, 0.29) is 29.0 Å². The van der Waals surface area contributed by atoms with Gasteiger partial charge in [0.2, 0.25) is 15.9 Å². The SMILES string of the molecule is CC(C)CNS(=O)(=O)c1ccc(CCC(=O)Nc2ccc(F)cc2)cc1. The van der Waals surface area contributed by atoms with Crippen LogP contribution in [0.2, 0.25) is 0 Å². The third-order valence-electron chi connectivity index (χ3n) is 3.68. The number of halogens is 1. The molecule has 0 heterocycles. The number of amides is 1. The molecule has 2 N–H and O–H groups in total. The summed E-state index contributed by atoms with van der Waals surface area (Å²) >= 11 is 0. The fraction of sp³-hybridized carbons (Fsp3) is 0.316. The van der Waals surface area contributed by atoms with Crippen molar-refractivity contribution in [3.8, 4) is 0 Å². The van der Waals surface area contributed by atoms with Gasteiger partial charge in [-0.15, -0.1) is 0 Å². The zero-order valence-electron chi connectivity index (χ0n) is 14.8. The van der Waals surface area contributed by atoms with Gasteiger partial charge in [-0.3, -0.25) is 4.79 Å². The maximum Gasteiger partial charge on any atom is 0.240 e. The summed E-state index contributed by atoms with van der Waals surface area (Å²) in [6, 6.07) is 12.0. The highest BCUT2D eigenvalue weighted by molar-refractivity contribution is 7.89. The van der Waals surface area contributed by atoms with Crippen LogP contribution in [-0.2, 0) is 21.2 Å². The van der Waals surface area contributed by atoms with Crippen molar-refractivity contribution in [2.24, 2.45) is 5.92 Å². The van der Waals surface area contributed by atoms with Crippen LogP contribution in [0.3, 0.4) is 0 Å². The maximum absolute atomic E-state index is 12.8. The lowest BCUT2D eigenvalue weighted by Gasteiger charge is -2.09. The van der Waals surface area contributed by atoms with E-state index < -0.39 is 10.0 Å². The second-order valence-corrected chi connectivity index (χ2v) is 8.21. The van der Waals surface area contributed by atoms with Gasteiger partial charge in [0.1, 0.15) is 5.82 Å². The van der Waals surface area contributed by atoms with Crippen LogP contribution in [0, 0.1) is 11.7 Å². The number of aryl methyl sites for hydroxylation is 1. The number of nitrogens with one attached hydrogen (secondary N) is 2. The average Bonchev–Trinajstić information content (AvgIpc) is 2.61. The van der Waals surface area contributed by atoms with Gasteiger partial charge < -0.3 is 5.32 Å². The molecule has 2 aromatic carbocycles. The number of hydrogen-bond donors (Lipinski definition) is 2. The molecule has 7 heteroatoms. The Morgan fingerprint density at radius 3 is 2.23 bits per heavy atom. The van der Waals surface area contributed by atoms with Gasteiger partial charge in [0, 0.05) is 18.7 Å². The molecule has 26 heavy (non-hydrogen) atoms. The molecule has 0 saturated heterocycles. The summed E-state index contributed by atoms with van der Waals surface area (Å²) in [4.78, 5) is 12.1. The van der Waals surface area contributed by atoms with E-state index in [0.29, 0.717) is 18.7 Å². The van der Waals surface area contributed by atoms with Crippen LogP contribution < -0.4 is 10.0 Å². The Morgan fingerprint density at radius 2 is 1.65 bits per heavy atom. The van der Waals surface area contributed by atoms with Gasteiger partial charge in [0.15, 0.2) is 0 Å². The molecule has 1 amide bonds. The number of rotatable bonds is 8. The zero-order valence-corrected chi connectivity index (χ0v) is 15.6. The van der Waals surface area contributed by atoms with E-state index in [2.05, 4.69) is 10.0 Å². The summed E-state index contributed by atoms with van der Waals surface area (Å²) in [5.74, 6) is -0.323. The first-order valence-corrected chi connectivity index (χ1v) is 9.88. The van der Waals surface area contributed by atoms with Crippen molar-refractivity contribution in [1.82, 2.24) is 4.72 Å². The van der Waals surface area contributed by atoms with Crippen molar-refractivity contribution in [3.63, 3.8) is 0 Å². The topological polar surface area (TPSA) is 75.3 Å². The van der Waals surface area contributed by atoms with Gasteiger partial charge in [-0.25, -0.2) is 17.5 Å². The van der Waals surface area contributed by atoms with E-state index in [1.807, 2.05) is 13.8 Å². The summed E-state index contributed by atoms with van der Waals surface area (Å²) in [7, 11) is -3.51. The largest absolute Gasteiger partial charge is 0.326 e. The van der Waals surface area contributed by atoms with Crippen LogP contribution in [0.4, 0.5) is 10.1 Å². The molecule has 0 aliphatic heterocycles. The standard InChI is InChI=1S/C19H23FN2O3S/c1-14(2)13-21-26(24,25)18-10-3-15(4-11-18)5-12-19(23)22-17-8-6-16(20)7-9-17/h3-4,6-11,14,21H,5,12-13H2,1-2H3,(H,22,23). The van der Waals surface area contributed by atoms with Crippen molar-refractivity contribution in [3.05, 3.63) is 59.9 Å². The molecule has 0 atom stereocenters. The Hall–Kier alpha value is -2.25. The molecule has 0 bridgehead atoms. The fourth-order valence-corrected chi connectivity index (χ4v) is 3.42. The number of carbonyl (C=O) groups is 1. The quantitative estimate of drug-likeness (QED) is 0.740. The minimum atomic E-state index is -3.51. The predicted octanol–water partition coefficient (Wildman–Crippen LogP) is 3.33. The third-order valence-corrected chi connectivity index (χ3v) is 5.12. The molecular weight excluding hydrogens is 355 g/mol. The predicted molar refractivity (Wildman–Crippen MR) is 99.8 cm³/mol. The lowest BCUT2D eigenvalue weighted by Crippen LogP contribution is -2.27. The first kappa shape index (κ1) is 20.1. The second kappa shape index (κ2) is 8.91. The highest BCUT2D eigenvalue weighted by Gasteiger charge is 2.14. The fourth-order valence-electron chi connectivity index (χ4n) is 2.21. The molecule has 0 radical (unpaired) electrons. The van der Waals surface area contributed by atoms with Gasteiger partial charge in [-0.05, 0) is 54.3 Å². The first-order valence-electron chi connectivity index (χ1n) is 8.40. The van der Waals surface area contributed by atoms with E-state index in [0.717, 1.165) is 5.56 Å². The molecule has 0 fully saturated rings. The number of anilines is 1. The van der Waals surface area contributed by atoms with Gasteiger partial charge >= 0.3 is 0 Å². The van der Waals surface area contributed by atoms with Gasteiger partial charge in [0.25, 0.3) is 0 Å². The molecule has 5 nitrogen and oxygen atoms in total. The summed E-state index contributed by atoms with van der Waals surface area (Å²) in [5, 5.41) is 2.69. The number of benzene rings is 2. The summed E-state index contributed by atoms with van der Waals surface area (Å²) in [6.45, 7) is 4.25. The average molecular weight is 378 g/mol. The summed E-state index contributed by atoms with van der Waals surface area (Å²) < 4.78 is 39.7. The number of sulfonamides is 1. The second-order valence-electron chi connectivity index (χ2n) is 6.44. The van der Waals surface area contributed by atoms with Crippen molar-refractivity contribution < 1.29 is 17.6 Å². The third kappa shape index (κ3) is 6.24. The van der Waals surface area contributed by atoms with Crippen LogP contribution in [0.25, 0.3) is 0 Å². The summed E-state index contributed by atoms with van der Waals surface area (Å²) in [6.07, 6.45) is 0.724. The van der Waals surface area contributed by atoms with Crippen LogP contribution >= 0.6 is 0 Å². The number of carbonyl (C=O) groups excluding carboxylic acids is 1. The van der Waals surface area contributed by atoms with E-state index in [1.54, 1.807) is 12.1 Å². The molecule has 0 spiro atoms. The molecule has 0 aliphatic carbocycles. The lowest BCUT2D eigenvalue weighted by atomic mass is 10.1. The van der Waals surface area contributed by atoms with Gasteiger partial charge in [-0.2, -0.15) is 0 Å². The van der Waals surface area contributed by atoms with E-state index in [1.165, 1.54) is 36.4 Å². The highest BCUT2D eigenvalue weighted by atomic mass is 32.2. The van der Waals surface area contributed by atoms with Crippen molar-refractivity contribution in [2.75, 3.05) is 11.9 Å². The van der Waals surface area contributed by atoms with Crippen molar-refractivity contribution in [2.45, 2.75) is 31.6 Å². The molecule has 0 aromatic heterocycles. The first-order chi connectivity index (χ1) is 12.3. The monoisotopic (exact) mass is 378 g/mol. The maximum atomic E-state index is 12.8. The van der Waals surface area contributed by atoms with E-state index >= 15 is 0 Å². The minimum absolute atomic E-state index is 0.188. The van der Waals surface area contributed by atoms with Crippen LogP contribution in [0.1, 0.15) is 25.8 Å². The normalized spacial score (nSPS) is 11.5. The summed E-state index contributed by atoms with van der Waals surface area (Å²) in [5.41, 5.74) is 1.40. The Kier molecular flexibility index (Phi) is 6.88. The Labute approximate surface area is 153 Å². The Morgan fingerprint density at radius 1 is 1.04 bits per heavy atom. The molecule has 0 aliphatic rings. The Bertz CT molecular complexity index is 832. The molecule has 140 valence electrons. The number of hydrogen-bond acceptors (Lipinski definition) is 3.